The molecule has 0 radical (unpaired) electrons. The Morgan fingerprint density at radius 1 is 1.10 bits per heavy atom. The van der Waals surface area contributed by atoms with Crippen molar-refractivity contribution in [3.05, 3.63) is 17.3 Å². The molecule has 0 unspecified atom stereocenters. The van der Waals surface area contributed by atoms with E-state index in [1.54, 1.807) is 6.92 Å². The van der Waals surface area contributed by atoms with Crippen LogP contribution in [0.3, 0.4) is 0 Å². The third-order valence-corrected chi connectivity index (χ3v) is 3.22. The number of hydrogen-bond acceptors (Lipinski definition) is 9. The van der Waals surface area contributed by atoms with Gasteiger partial charge in [-0.2, -0.15) is 5.10 Å². The number of ether oxygens (including phenoxy) is 1. The summed E-state index contributed by atoms with van der Waals surface area (Å²) in [4.78, 5) is 15.8. The van der Waals surface area contributed by atoms with E-state index in [1.165, 1.54) is 0 Å². The zero-order valence-corrected chi connectivity index (χ0v) is 12.8. The molecule has 2 rings (SSSR count). The van der Waals surface area contributed by atoms with Crippen LogP contribution in [0, 0.1) is 0 Å². The molecular formula is C12H15N5O3S. The minimum absolute atomic E-state index is 0.172. The second-order valence-electron chi connectivity index (χ2n) is 3.89. The molecule has 9 heteroatoms. The third kappa shape index (κ3) is 3.75. The van der Waals surface area contributed by atoms with Gasteiger partial charge >= 0.3 is 11.9 Å². The summed E-state index contributed by atoms with van der Waals surface area (Å²) in [6, 6.07) is 0. The van der Waals surface area contributed by atoms with Gasteiger partial charge in [0, 0.05) is 11.8 Å². The van der Waals surface area contributed by atoms with E-state index < -0.39 is 5.97 Å². The van der Waals surface area contributed by atoms with E-state index in [-0.39, 0.29) is 17.7 Å². The highest BCUT2D eigenvalue weighted by Gasteiger charge is 2.18. The van der Waals surface area contributed by atoms with E-state index in [0.717, 1.165) is 36.0 Å². The summed E-state index contributed by atoms with van der Waals surface area (Å²) in [6.07, 6.45) is 1.55. The summed E-state index contributed by atoms with van der Waals surface area (Å²) in [5.41, 5.74) is 1.76. The molecule has 21 heavy (non-hydrogen) atoms. The molecule has 0 bridgehead atoms. The van der Waals surface area contributed by atoms with Crippen LogP contribution in [0.15, 0.2) is 14.8 Å². The summed E-state index contributed by atoms with van der Waals surface area (Å²) in [5.74, 6) is -0.834. The van der Waals surface area contributed by atoms with Crippen molar-refractivity contribution in [2.24, 2.45) is 0 Å². The van der Waals surface area contributed by atoms with E-state index in [1.807, 2.05) is 13.8 Å². The van der Waals surface area contributed by atoms with Crippen LogP contribution in [0.5, 0.6) is 0 Å². The van der Waals surface area contributed by atoms with Crippen LogP contribution in [0.4, 0.5) is 0 Å². The Morgan fingerprint density at radius 2 is 1.86 bits per heavy atom. The van der Waals surface area contributed by atoms with Gasteiger partial charge in [-0.25, -0.2) is 9.78 Å². The average Bonchev–Trinajstić information content (AvgIpc) is 2.96. The number of nitrogens with zero attached hydrogens (tertiary/aromatic N) is 5. The molecule has 0 aromatic carbocycles. The molecule has 0 aliphatic heterocycles. The molecule has 0 saturated heterocycles. The van der Waals surface area contributed by atoms with Gasteiger partial charge in [0.25, 0.3) is 5.22 Å². The molecule has 0 atom stereocenters. The van der Waals surface area contributed by atoms with Crippen molar-refractivity contribution >= 4 is 17.7 Å². The standard InChI is InChI=1S/C12H15N5O3S/c1-4-7-8(5-2)14-16-11(13-7)21-12-17-15-9(20-12)10(18)19-6-3/h4-6H2,1-3H3. The van der Waals surface area contributed by atoms with Crippen LogP contribution in [0.25, 0.3) is 0 Å². The zero-order chi connectivity index (χ0) is 15.2. The van der Waals surface area contributed by atoms with Gasteiger partial charge in [-0.1, -0.05) is 18.9 Å². The summed E-state index contributed by atoms with van der Waals surface area (Å²) in [5, 5.41) is 16.1. The van der Waals surface area contributed by atoms with Gasteiger partial charge < -0.3 is 9.15 Å². The zero-order valence-electron chi connectivity index (χ0n) is 12.0. The molecule has 0 aliphatic carbocycles. The minimum atomic E-state index is -0.647. The number of hydrogen-bond donors (Lipinski definition) is 0. The minimum Gasteiger partial charge on any atom is -0.459 e. The molecule has 0 saturated carbocycles. The first-order valence-corrected chi connectivity index (χ1v) is 7.40. The molecule has 8 nitrogen and oxygen atoms in total. The largest absolute Gasteiger partial charge is 0.459 e. The molecule has 0 amide bonds. The predicted molar refractivity (Wildman–Crippen MR) is 73.0 cm³/mol. The Bertz CT molecular complexity index is 631. The Kier molecular flexibility index (Phi) is 5.20. The Morgan fingerprint density at radius 3 is 2.52 bits per heavy atom. The fraction of sp³-hybridized carbons (Fsp3) is 0.500. The first kappa shape index (κ1) is 15.4. The summed E-state index contributed by atoms with van der Waals surface area (Å²) >= 11 is 1.06. The number of carbonyl (C=O) groups excluding carboxylic acids is 1. The van der Waals surface area contributed by atoms with Crippen molar-refractivity contribution in [2.75, 3.05) is 6.61 Å². The number of rotatable bonds is 6. The molecule has 2 aromatic heterocycles. The van der Waals surface area contributed by atoms with Crippen LogP contribution in [-0.2, 0) is 17.6 Å². The summed E-state index contributed by atoms with van der Waals surface area (Å²) in [6.45, 7) is 5.95. The fourth-order valence-electron chi connectivity index (χ4n) is 1.57. The molecule has 2 heterocycles. The van der Waals surface area contributed by atoms with Crippen LogP contribution < -0.4 is 0 Å². The van der Waals surface area contributed by atoms with Gasteiger partial charge in [0.1, 0.15) is 0 Å². The smallest absolute Gasteiger partial charge is 0.396 e. The van der Waals surface area contributed by atoms with Gasteiger partial charge in [-0.05, 0) is 19.8 Å². The number of esters is 1. The van der Waals surface area contributed by atoms with Crippen LogP contribution in [0.2, 0.25) is 0 Å². The molecule has 0 aliphatic rings. The normalized spacial score (nSPS) is 10.6. The maximum Gasteiger partial charge on any atom is 0.396 e. The third-order valence-electron chi connectivity index (χ3n) is 2.52. The van der Waals surface area contributed by atoms with Crippen LogP contribution in [0.1, 0.15) is 42.8 Å². The van der Waals surface area contributed by atoms with E-state index in [4.69, 9.17) is 9.15 Å². The summed E-state index contributed by atoms with van der Waals surface area (Å²) in [7, 11) is 0. The Labute approximate surface area is 125 Å². The van der Waals surface area contributed by atoms with Crippen LogP contribution >= 0.6 is 11.8 Å². The maximum absolute atomic E-state index is 11.4. The van der Waals surface area contributed by atoms with E-state index in [2.05, 4.69) is 25.4 Å². The monoisotopic (exact) mass is 309 g/mol. The SMILES string of the molecule is CCOC(=O)c1nnc(Sc2nnc(CC)c(CC)n2)o1. The number of aromatic nitrogens is 5. The van der Waals surface area contributed by atoms with Crippen molar-refractivity contribution in [2.45, 2.75) is 44.0 Å². The molecule has 2 aromatic rings. The first-order valence-electron chi connectivity index (χ1n) is 6.58. The lowest BCUT2D eigenvalue weighted by Gasteiger charge is -2.03. The highest BCUT2D eigenvalue weighted by Crippen LogP contribution is 2.23. The highest BCUT2D eigenvalue weighted by molar-refractivity contribution is 7.98. The Balaban J connectivity index is 2.13. The summed E-state index contributed by atoms with van der Waals surface area (Å²) < 4.78 is 9.96. The lowest BCUT2D eigenvalue weighted by Crippen LogP contribution is -2.04. The quantitative estimate of drug-likeness (QED) is 0.737. The van der Waals surface area contributed by atoms with E-state index in [9.17, 15) is 4.79 Å². The second-order valence-corrected chi connectivity index (χ2v) is 4.81. The van der Waals surface area contributed by atoms with Crippen molar-refractivity contribution in [1.29, 1.82) is 0 Å². The van der Waals surface area contributed by atoms with Crippen molar-refractivity contribution in [3.63, 3.8) is 0 Å². The predicted octanol–water partition coefficient (Wildman–Crippen LogP) is 1.71. The number of aryl methyl sites for hydroxylation is 2. The lowest BCUT2D eigenvalue weighted by molar-refractivity contribution is 0.0475. The maximum atomic E-state index is 11.4. The van der Waals surface area contributed by atoms with Crippen LogP contribution in [-0.4, -0.2) is 38.0 Å². The van der Waals surface area contributed by atoms with Crippen molar-refractivity contribution in [1.82, 2.24) is 25.4 Å². The van der Waals surface area contributed by atoms with E-state index in [0.29, 0.717) is 5.16 Å². The van der Waals surface area contributed by atoms with Gasteiger partial charge in [0.15, 0.2) is 0 Å². The van der Waals surface area contributed by atoms with E-state index >= 15 is 0 Å². The lowest BCUT2D eigenvalue weighted by atomic mass is 10.2. The first-order chi connectivity index (χ1) is 10.2. The highest BCUT2D eigenvalue weighted by atomic mass is 32.2. The molecule has 112 valence electrons. The van der Waals surface area contributed by atoms with Crippen molar-refractivity contribution in [3.8, 4) is 0 Å². The Hall–Kier alpha value is -2.03. The molecule has 0 fully saturated rings. The van der Waals surface area contributed by atoms with Gasteiger partial charge in [0.2, 0.25) is 5.16 Å². The molecule has 0 N–H and O–H groups in total. The average molecular weight is 309 g/mol. The van der Waals surface area contributed by atoms with Gasteiger partial charge in [0.05, 0.1) is 18.0 Å². The van der Waals surface area contributed by atoms with Crippen molar-refractivity contribution < 1.29 is 13.9 Å². The van der Waals surface area contributed by atoms with Gasteiger partial charge in [-0.15, -0.1) is 10.2 Å². The molecular weight excluding hydrogens is 294 g/mol. The molecule has 0 spiro atoms. The van der Waals surface area contributed by atoms with Gasteiger partial charge in [-0.3, -0.25) is 0 Å². The second kappa shape index (κ2) is 7.11. The topological polar surface area (TPSA) is 104 Å². The fourth-order valence-corrected chi connectivity index (χ4v) is 2.16. The number of carbonyl (C=O) groups is 1.